The summed E-state index contributed by atoms with van der Waals surface area (Å²) in [4.78, 5) is 23.3. The van der Waals surface area contributed by atoms with Crippen molar-refractivity contribution in [2.75, 3.05) is 13.2 Å². The lowest BCUT2D eigenvalue weighted by Crippen LogP contribution is -2.26. The number of carboxylic acids is 1. The van der Waals surface area contributed by atoms with E-state index < -0.39 is 12.1 Å². The van der Waals surface area contributed by atoms with E-state index in [1.165, 1.54) is 22.3 Å². The highest BCUT2D eigenvalue weighted by molar-refractivity contribution is 5.88. The van der Waals surface area contributed by atoms with E-state index in [0.717, 1.165) is 11.1 Å². The van der Waals surface area contributed by atoms with E-state index in [1.54, 1.807) is 30.4 Å². The van der Waals surface area contributed by atoms with Gasteiger partial charge in [-0.25, -0.2) is 9.59 Å². The van der Waals surface area contributed by atoms with Gasteiger partial charge in [0.15, 0.2) is 0 Å². The highest BCUT2D eigenvalue weighted by Gasteiger charge is 2.28. The van der Waals surface area contributed by atoms with Crippen molar-refractivity contribution in [3.05, 3.63) is 101 Å². The number of hydrogen-bond donors (Lipinski definition) is 2. The van der Waals surface area contributed by atoms with Crippen LogP contribution in [0.25, 0.3) is 17.2 Å². The molecule has 0 aromatic heterocycles. The van der Waals surface area contributed by atoms with Crippen molar-refractivity contribution in [1.29, 1.82) is 0 Å². The molecule has 3 aromatic rings. The molecule has 0 spiro atoms. The average Bonchev–Trinajstić information content (AvgIpc) is 3.10. The summed E-state index contributed by atoms with van der Waals surface area (Å²) in [5.41, 5.74) is 6.71. The molecule has 0 heterocycles. The topological polar surface area (TPSA) is 75.6 Å². The average molecular weight is 413 g/mol. The molecule has 2 N–H and O–H groups in total. The Hall–Kier alpha value is -3.86. The molecule has 0 saturated carbocycles. The molecule has 0 fully saturated rings. The van der Waals surface area contributed by atoms with Crippen LogP contribution in [0.4, 0.5) is 4.79 Å². The zero-order valence-corrected chi connectivity index (χ0v) is 17.2. The standard InChI is InChI=1S/C26H23NO4/c1-17-12-13-19(25(28)29)15-18(17)7-6-14-27-26(30)31-16-24-22-10-4-2-8-20(22)21-9-3-5-11-23(21)24/h2-13,15,24H,14,16H2,1H3,(H,27,30)(H,28,29). The molecule has 4 rings (SSSR count). The lowest BCUT2D eigenvalue weighted by Gasteiger charge is -2.14. The predicted molar refractivity (Wildman–Crippen MR) is 120 cm³/mol. The first-order valence-corrected chi connectivity index (χ1v) is 10.1. The summed E-state index contributed by atoms with van der Waals surface area (Å²) in [5.74, 6) is -0.943. The maximum absolute atomic E-state index is 12.2. The second kappa shape index (κ2) is 8.88. The van der Waals surface area contributed by atoms with Crippen LogP contribution in [0.1, 0.15) is 38.5 Å². The molecule has 0 atom stereocenters. The minimum atomic E-state index is -0.966. The zero-order chi connectivity index (χ0) is 21.8. The number of rotatable bonds is 6. The summed E-state index contributed by atoms with van der Waals surface area (Å²) in [6, 6.07) is 21.4. The van der Waals surface area contributed by atoms with Crippen molar-refractivity contribution in [3.63, 3.8) is 0 Å². The molecule has 0 bridgehead atoms. The predicted octanol–water partition coefficient (Wildman–Crippen LogP) is 5.25. The van der Waals surface area contributed by atoms with Crippen LogP contribution in [0.3, 0.4) is 0 Å². The number of benzene rings is 3. The summed E-state index contributed by atoms with van der Waals surface area (Å²) in [5, 5.41) is 11.8. The summed E-state index contributed by atoms with van der Waals surface area (Å²) < 4.78 is 5.50. The van der Waals surface area contributed by atoms with E-state index in [2.05, 4.69) is 29.6 Å². The number of ether oxygens (including phenoxy) is 1. The number of hydrogen-bond acceptors (Lipinski definition) is 3. The van der Waals surface area contributed by atoms with Gasteiger partial charge in [-0.05, 0) is 52.4 Å². The largest absolute Gasteiger partial charge is 0.478 e. The smallest absolute Gasteiger partial charge is 0.407 e. The first-order chi connectivity index (χ1) is 15.0. The minimum absolute atomic E-state index is 0.0232. The molecule has 5 nitrogen and oxygen atoms in total. The van der Waals surface area contributed by atoms with Gasteiger partial charge >= 0.3 is 12.1 Å². The molecule has 31 heavy (non-hydrogen) atoms. The first-order valence-electron chi connectivity index (χ1n) is 10.1. The van der Waals surface area contributed by atoms with Gasteiger partial charge in [0.25, 0.3) is 0 Å². The normalized spacial score (nSPS) is 12.4. The number of carboxylic acid groups (broad SMARTS) is 1. The van der Waals surface area contributed by atoms with Crippen molar-refractivity contribution in [2.45, 2.75) is 12.8 Å². The van der Waals surface area contributed by atoms with Crippen molar-refractivity contribution in [2.24, 2.45) is 0 Å². The number of aromatic carboxylic acids is 1. The number of carbonyl (C=O) groups excluding carboxylic acids is 1. The number of fused-ring (bicyclic) bond motifs is 3. The molecular weight excluding hydrogens is 390 g/mol. The Morgan fingerprint density at radius 2 is 1.65 bits per heavy atom. The lowest BCUT2D eigenvalue weighted by molar-refractivity contribution is 0.0696. The highest BCUT2D eigenvalue weighted by atomic mass is 16.5. The Kier molecular flexibility index (Phi) is 5.85. The van der Waals surface area contributed by atoms with Gasteiger partial charge in [-0.2, -0.15) is 0 Å². The molecule has 156 valence electrons. The summed E-state index contributed by atoms with van der Waals surface area (Å²) in [6.07, 6.45) is 3.09. The zero-order valence-electron chi connectivity index (χ0n) is 17.2. The Labute approximate surface area is 181 Å². The van der Waals surface area contributed by atoms with Gasteiger partial charge in [-0.15, -0.1) is 0 Å². The first kappa shape index (κ1) is 20.4. The molecule has 0 saturated heterocycles. The molecule has 1 aliphatic rings. The van der Waals surface area contributed by atoms with Gasteiger partial charge in [-0.3, -0.25) is 0 Å². The Bertz CT molecular complexity index is 1120. The van der Waals surface area contributed by atoms with Crippen molar-refractivity contribution in [1.82, 2.24) is 5.32 Å². The quantitative estimate of drug-likeness (QED) is 0.579. The third-order valence-corrected chi connectivity index (χ3v) is 5.53. The van der Waals surface area contributed by atoms with Crippen LogP contribution in [0.15, 0.2) is 72.8 Å². The van der Waals surface area contributed by atoms with Crippen LogP contribution >= 0.6 is 0 Å². The minimum Gasteiger partial charge on any atom is -0.478 e. The van der Waals surface area contributed by atoms with Crippen LogP contribution in [0, 0.1) is 6.92 Å². The second-order valence-corrected chi connectivity index (χ2v) is 7.49. The van der Waals surface area contributed by atoms with Crippen LogP contribution < -0.4 is 5.32 Å². The summed E-state index contributed by atoms with van der Waals surface area (Å²) in [7, 11) is 0. The van der Waals surface area contributed by atoms with Crippen LogP contribution in [0.5, 0.6) is 0 Å². The molecule has 1 aliphatic carbocycles. The van der Waals surface area contributed by atoms with Crippen LogP contribution in [-0.4, -0.2) is 30.3 Å². The molecule has 0 unspecified atom stereocenters. The van der Waals surface area contributed by atoms with Gasteiger partial charge in [0.2, 0.25) is 0 Å². The van der Waals surface area contributed by atoms with Crippen LogP contribution in [0.2, 0.25) is 0 Å². The van der Waals surface area contributed by atoms with Gasteiger partial charge < -0.3 is 15.2 Å². The fourth-order valence-corrected chi connectivity index (χ4v) is 3.93. The van der Waals surface area contributed by atoms with E-state index in [4.69, 9.17) is 9.84 Å². The van der Waals surface area contributed by atoms with Gasteiger partial charge in [0, 0.05) is 12.5 Å². The third kappa shape index (κ3) is 4.36. The van der Waals surface area contributed by atoms with E-state index in [9.17, 15) is 9.59 Å². The van der Waals surface area contributed by atoms with Crippen LogP contribution in [-0.2, 0) is 4.74 Å². The monoisotopic (exact) mass is 413 g/mol. The van der Waals surface area contributed by atoms with Gasteiger partial charge in [0.1, 0.15) is 6.61 Å². The Balaban J connectivity index is 1.34. The van der Waals surface area contributed by atoms with E-state index in [0.29, 0.717) is 0 Å². The third-order valence-electron chi connectivity index (χ3n) is 5.53. The maximum Gasteiger partial charge on any atom is 0.407 e. The fraction of sp³-hybridized carbons (Fsp3) is 0.154. The van der Waals surface area contributed by atoms with Crippen molar-refractivity contribution >= 4 is 18.1 Å². The number of amides is 1. The summed E-state index contributed by atoms with van der Waals surface area (Å²) >= 11 is 0. The second-order valence-electron chi connectivity index (χ2n) is 7.49. The van der Waals surface area contributed by atoms with E-state index in [1.807, 2.05) is 31.2 Å². The molecule has 3 aromatic carbocycles. The number of aryl methyl sites for hydroxylation is 1. The molecular formula is C26H23NO4. The Morgan fingerprint density at radius 3 is 2.29 bits per heavy atom. The molecule has 5 heteroatoms. The Morgan fingerprint density at radius 1 is 1.00 bits per heavy atom. The van der Waals surface area contributed by atoms with Crippen molar-refractivity contribution < 1.29 is 19.4 Å². The molecule has 0 aliphatic heterocycles. The van der Waals surface area contributed by atoms with Gasteiger partial charge in [-0.1, -0.05) is 66.7 Å². The maximum atomic E-state index is 12.2. The molecule has 1 amide bonds. The SMILES string of the molecule is Cc1ccc(C(=O)O)cc1C=CCNC(=O)OCC1c2ccccc2-c2ccccc21. The number of carbonyl (C=O) groups is 2. The number of nitrogens with one attached hydrogen (secondary N) is 1. The number of alkyl carbamates (subject to hydrolysis) is 1. The van der Waals surface area contributed by atoms with E-state index in [-0.39, 0.29) is 24.6 Å². The summed E-state index contributed by atoms with van der Waals surface area (Å²) in [6.45, 7) is 2.46. The van der Waals surface area contributed by atoms with E-state index >= 15 is 0 Å². The van der Waals surface area contributed by atoms with Crippen molar-refractivity contribution in [3.8, 4) is 11.1 Å². The molecule has 0 radical (unpaired) electrons. The highest BCUT2D eigenvalue weighted by Crippen LogP contribution is 2.44. The lowest BCUT2D eigenvalue weighted by atomic mass is 9.98. The van der Waals surface area contributed by atoms with Gasteiger partial charge in [0.05, 0.1) is 5.56 Å². The fourth-order valence-electron chi connectivity index (χ4n) is 3.93.